The second-order valence-corrected chi connectivity index (χ2v) is 7.46. The SMILES string of the molecule is CC1CC(CN)(N(C)C(C)c2cccs2)CS1. The molecule has 2 heterocycles. The van der Waals surface area contributed by atoms with E-state index in [4.69, 9.17) is 5.73 Å². The minimum atomic E-state index is 0.188. The molecule has 0 amide bonds. The normalized spacial score (nSPS) is 31.0. The van der Waals surface area contributed by atoms with Gasteiger partial charge in [0.1, 0.15) is 0 Å². The summed E-state index contributed by atoms with van der Waals surface area (Å²) in [6.07, 6.45) is 1.21. The van der Waals surface area contributed by atoms with Gasteiger partial charge in [-0.1, -0.05) is 13.0 Å². The number of likely N-dealkylation sites (N-methyl/N-ethyl adjacent to an activating group) is 1. The van der Waals surface area contributed by atoms with Gasteiger partial charge in [-0.25, -0.2) is 0 Å². The van der Waals surface area contributed by atoms with Gasteiger partial charge in [0.05, 0.1) is 0 Å². The van der Waals surface area contributed by atoms with Crippen LogP contribution in [0.1, 0.15) is 31.2 Å². The Balaban J connectivity index is 2.15. The lowest BCUT2D eigenvalue weighted by Crippen LogP contribution is -2.53. The van der Waals surface area contributed by atoms with Crippen molar-refractivity contribution in [2.24, 2.45) is 5.73 Å². The summed E-state index contributed by atoms with van der Waals surface area (Å²) >= 11 is 3.89. The molecule has 0 aliphatic carbocycles. The van der Waals surface area contributed by atoms with Gasteiger partial charge in [-0.15, -0.1) is 11.3 Å². The summed E-state index contributed by atoms with van der Waals surface area (Å²) in [7, 11) is 2.23. The van der Waals surface area contributed by atoms with Crippen LogP contribution in [0.5, 0.6) is 0 Å². The van der Waals surface area contributed by atoms with Gasteiger partial charge in [-0.2, -0.15) is 11.8 Å². The summed E-state index contributed by atoms with van der Waals surface area (Å²) in [6, 6.07) is 4.82. The van der Waals surface area contributed by atoms with Crippen molar-refractivity contribution in [3.63, 3.8) is 0 Å². The molecule has 4 heteroatoms. The number of thiophene rings is 1. The lowest BCUT2D eigenvalue weighted by Gasteiger charge is -2.41. The predicted molar refractivity (Wildman–Crippen MR) is 78.8 cm³/mol. The highest BCUT2D eigenvalue weighted by Gasteiger charge is 2.42. The van der Waals surface area contributed by atoms with Gasteiger partial charge in [0.2, 0.25) is 0 Å². The van der Waals surface area contributed by atoms with Gasteiger partial charge in [-0.05, 0) is 31.8 Å². The fourth-order valence-corrected chi connectivity index (χ4v) is 4.90. The highest BCUT2D eigenvalue weighted by molar-refractivity contribution is 8.00. The quantitative estimate of drug-likeness (QED) is 0.912. The van der Waals surface area contributed by atoms with E-state index in [1.807, 2.05) is 11.3 Å². The Bertz CT molecular complexity index is 352. The number of thioether (sulfide) groups is 1. The lowest BCUT2D eigenvalue weighted by molar-refractivity contribution is 0.104. The van der Waals surface area contributed by atoms with Crippen LogP contribution < -0.4 is 5.73 Å². The van der Waals surface area contributed by atoms with Crippen LogP contribution in [0, 0.1) is 0 Å². The van der Waals surface area contributed by atoms with Crippen molar-refractivity contribution in [3.05, 3.63) is 22.4 Å². The monoisotopic (exact) mass is 270 g/mol. The Morgan fingerprint density at radius 3 is 2.88 bits per heavy atom. The number of nitrogens with two attached hydrogens (primary N) is 1. The molecule has 96 valence electrons. The van der Waals surface area contributed by atoms with Crippen molar-refractivity contribution in [2.45, 2.75) is 37.1 Å². The van der Waals surface area contributed by atoms with E-state index in [2.05, 4.69) is 55.1 Å². The average molecular weight is 270 g/mol. The molecule has 0 radical (unpaired) electrons. The summed E-state index contributed by atoms with van der Waals surface area (Å²) in [5.74, 6) is 1.16. The van der Waals surface area contributed by atoms with Gasteiger partial charge < -0.3 is 5.73 Å². The number of rotatable bonds is 4. The first-order chi connectivity index (χ1) is 8.09. The molecule has 0 saturated carbocycles. The second kappa shape index (κ2) is 5.31. The Kier molecular flexibility index (Phi) is 4.18. The highest BCUT2D eigenvalue weighted by Crippen LogP contribution is 2.41. The molecule has 1 aliphatic heterocycles. The Labute approximate surface area is 113 Å². The molecule has 2 rings (SSSR count). The van der Waals surface area contributed by atoms with Crippen LogP contribution in [0.25, 0.3) is 0 Å². The van der Waals surface area contributed by atoms with Crippen molar-refractivity contribution in [1.82, 2.24) is 4.90 Å². The highest BCUT2D eigenvalue weighted by atomic mass is 32.2. The molecular formula is C13H22N2S2. The average Bonchev–Trinajstić information content (AvgIpc) is 2.96. The van der Waals surface area contributed by atoms with E-state index in [0.717, 1.165) is 17.5 Å². The van der Waals surface area contributed by atoms with Gasteiger partial charge in [0.25, 0.3) is 0 Å². The topological polar surface area (TPSA) is 29.3 Å². The van der Waals surface area contributed by atoms with Crippen LogP contribution in [0.2, 0.25) is 0 Å². The summed E-state index contributed by atoms with van der Waals surface area (Å²) in [5, 5.41) is 2.89. The summed E-state index contributed by atoms with van der Waals surface area (Å²) in [4.78, 5) is 3.93. The minimum Gasteiger partial charge on any atom is -0.329 e. The van der Waals surface area contributed by atoms with E-state index in [1.54, 1.807) is 0 Å². The zero-order valence-corrected chi connectivity index (χ0v) is 12.5. The Morgan fingerprint density at radius 1 is 1.65 bits per heavy atom. The van der Waals surface area contributed by atoms with Gasteiger partial charge >= 0.3 is 0 Å². The number of hydrogen-bond acceptors (Lipinski definition) is 4. The number of nitrogens with zero attached hydrogens (tertiary/aromatic N) is 1. The molecule has 1 aromatic heterocycles. The molecule has 0 bridgehead atoms. The summed E-state index contributed by atoms with van der Waals surface area (Å²) < 4.78 is 0. The Morgan fingerprint density at radius 2 is 2.41 bits per heavy atom. The predicted octanol–water partition coefficient (Wildman–Crippen LogP) is 2.96. The lowest BCUT2D eigenvalue weighted by atomic mass is 9.93. The van der Waals surface area contributed by atoms with Crippen LogP contribution >= 0.6 is 23.1 Å². The Hall–Kier alpha value is -0.0300. The fourth-order valence-electron chi connectivity index (χ4n) is 2.61. The minimum absolute atomic E-state index is 0.188. The van der Waals surface area contributed by atoms with Crippen LogP contribution in [0.4, 0.5) is 0 Å². The van der Waals surface area contributed by atoms with Crippen molar-refractivity contribution < 1.29 is 0 Å². The summed E-state index contributed by atoms with van der Waals surface area (Å²) in [6.45, 7) is 5.36. The molecular weight excluding hydrogens is 248 g/mol. The first-order valence-corrected chi connectivity index (χ1v) is 8.10. The summed E-state index contributed by atoms with van der Waals surface area (Å²) in [5.41, 5.74) is 6.26. The van der Waals surface area contributed by atoms with Crippen molar-refractivity contribution >= 4 is 23.1 Å². The zero-order chi connectivity index (χ0) is 12.5. The van der Waals surface area contributed by atoms with E-state index < -0.39 is 0 Å². The molecule has 1 aromatic rings. The molecule has 0 aromatic carbocycles. The van der Waals surface area contributed by atoms with Crippen LogP contribution in [-0.4, -0.2) is 35.0 Å². The zero-order valence-electron chi connectivity index (χ0n) is 10.8. The van der Waals surface area contributed by atoms with Crippen molar-refractivity contribution in [3.8, 4) is 0 Å². The van der Waals surface area contributed by atoms with Gasteiger partial charge in [0.15, 0.2) is 0 Å². The molecule has 1 saturated heterocycles. The van der Waals surface area contributed by atoms with E-state index in [9.17, 15) is 0 Å². The standard InChI is InChI=1S/C13H22N2S2/c1-10-7-13(8-14,9-17-10)15(3)11(2)12-5-4-6-16-12/h4-6,10-11H,7-9,14H2,1-3H3. The molecule has 2 nitrogen and oxygen atoms in total. The largest absolute Gasteiger partial charge is 0.329 e. The molecule has 0 spiro atoms. The first-order valence-electron chi connectivity index (χ1n) is 6.17. The molecule has 2 N–H and O–H groups in total. The van der Waals surface area contributed by atoms with Crippen LogP contribution in [0.15, 0.2) is 17.5 Å². The fraction of sp³-hybridized carbons (Fsp3) is 0.692. The maximum atomic E-state index is 6.07. The van der Waals surface area contributed by atoms with Gasteiger partial charge in [-0.3, -0.25) is 4.90 Å². The van der Waals surface area contributed by atoms with E-state index in [0.29, 0.717) is 6.04 Å². The van der Waals surface area contributed by atoms with Crippen LogP contribution in [-0.2, 0) is 0 Å². The smallest absolute Gasteiger partial charge is 0.0435 e. The number of hydrogen-bond donors (Lipinski definition) is 1. The van der Waals surface area contributed by atoms with Gasteiger partial charge in [0, 0.05) is 34.0 Å². The third-order valence-corrected chi connectivity index (χ3v) is 6.45. The van der Waals surface area contributed by atoms with E-state index in [-0.39, 0.29) is 5.54 Å². The maximum absolute atomic E-state index is 6.07. The van der Waals surface area contributed by atoms with Crippen molar-refractivity contribution in [2.75, 3.05) is 19.3 Å². The molecule has 1 aliphatic rings. The van der Waals surface area contributed by atoms with Crippen LogP contribution in [0.3, 0.4) is 0 Å². The third-order valence-electron chi connectivity index (χ3n) is 3.97. The molecule has 17 heavy (non-hydrogen) atoms. The van der Waals surface area contributed by atoms with E-state index in [1.165, 1.54) is 11.3 Å². The van der Waals surface area contributed by atoms with Crippen molar-refractivity contribution in [1.29, 1.82) is 0 Å². The molecule has 3 atom stereocenters. The maximum Gasteiger partial charge on any atom is 0.0435 e. The third kappa shape index (κ3) is 2.55. The molecule has 3 unspecified atom stereocenters. The first kappa shape index (κ1) is 13.4. The molecule has 1 fully saturated rings. The second-order valence-electron chi connectivity index (χ2n) is 5.06. The van der Waals surface area contributed by atoms with E-state index >= 15 is 0 Å².